The Morgan fingerprint density at radius 1 is 1.30 bits per heavy atom. The second-order valence-corrected chi connectivity index (χ2v) is 6.17. The molecular formula is C15H24N4O. The Hall–Kier alpha value is -1.52. The molecule has 0 radical (unpaired) electrons. The number of aromatic nitrogens is 2. The molecule has 5 nitrogen and oxygen atoms in total. The van der Waals surface area contributed by atoms with Crippen LogP contribution in [0.25, 0.3) is 0 Å². The van der Waals surface area contributed by atoms with E-state index in [1.54, 1.807) is 0 Å². The Morgan fingerprint density at radius 3 is 2.65 bits per heavy atom. The maximum atomic E-state index is 12.3. The number of fused-ring (bicyclic) bond motifs is 1. The molecule has 3 rings (SSSR count). The Balaban J connectivity index is 2.11. The molecule has 1 N–H and O–H groups in total. The number of nitrogens with one attached hydrogen (secondary N) is 1. The molecule has 1 saturated carbocycles. The van der Waals surface area contributed by atoms with Gasteiger partial charge in [-0.2, -0.15) is 5.10 Å². The third-order valence-electron chi connectivity index (χ3n) is 4.97. The lowest BCUT2D eigenvalue weighted by Crippen LogP contribution is -2.49. The molecule has 1 aliphatic heterocycles. The smallest absolute Gasteiger partial charge is 0.226 e. The number of rotatable bonds is 1. The van der Waals surface area contributed by atoms with Gasteiger partial charge in [-0.25, -0.2) is 4.68 Å². The van der Waals surface area contributed by atoms with Gasteiger partial charge in [0.2, 0.25) is 5.91 Å². The molecule has 1 spiro atoms. The van der Waals surface area contributed by atoms with Crippen molar-refractivity contribution < 1.29 is 4.79 Å². The van der Waals surface area contributed by atoms with Crippen LogP contribution in [0.5, 0.6) is 0 Å². The predicted molar refractivity (Wildman–Crippen MR) is 80.1 cm³/mol. The third-order valence-corrected chi connectivity index (χ3v) is 4.97. The summed E-state index contributed by atoms with van der Waals surface area (Å²) in [6.07, 6.45) is 6.52. The summed E-state index contributed by atoms with van der Waals surface area (Å²) in [7, 11) is 2.14. The number of carbonyl (C=O) groups is 1. The van der Waals surface area contributed by atoms with Crippen molar-refractivity contribution in [2.45, 2.75) is 64.5 Å². The summed E-state index contributed by atoms with van der Waals surface area (Å²) >= 11 is 0. The van der Waals surface area contributed by atoms with Crippen molar-refractivity contribution in [3.05, 3.63) is 5.69 Å². The summed E-state index contributed by atoms with van der Waals surface area (Å²) < 4.78 is 2.02. The van der Waals surface area contributed by atoms with Crippen molar-refractivity contribution in [2.24, 2.45) is 0 Å². The van der Waals surface area contributed by atoms with Gasteiger partial charge in [0, 0.05) is 13.6 Å². The minimum atomic E-state index is -0.0209. The number of amides is 1. The highest BCUT2D eigenvalue weighted by molar-refractivity contribution is 5.97. The molecule has 0 saturated heterocycles. The fraction of sp³-hybridized carbons (Fsp3) is 0.733. The summed E-state index contributed by atoms with van der Waals surface area (Å²) in [5.41, 5.74) is 1.80. The van der Waals surface area contributed by atoms with Gasteiger partial charge in [0.25, 0.3) is 0 Å². The van der Waals surface area contributed by atoms with E-state index in [-0.39, 0.29) is 11.4 Å². The molecule has 1 aliphatic carbocycles. The van der Waals surface area contributed by atoms with Gasteiger partial charge in [0.15, 0.2) is 5.82 Å². The summed E-state index contributed by atoms with van der Waals surface area (Å²) in [6.45, 7) is 4.89. The van der Waals surface area contributed by atoms with E-state index in [1.807, 2.05) is 11.6 Å². The lowest BCUT2D eigenvalue weighted by atomic mass is 9.78. The zero-order valence-corrected chi connectivity index (χ0v) is 12.7. The maximum absolute atomic E-state index is 12.3. The second kappa shape index (κ2) is 4.79. The fourth-order valence-corrected chi connectivity index (χ4v) is 3.82. The van der Waals surface area contributed by atoms with Crippen molar-refractivity contribution in [1.29, 1.82) is 0 Å². The molecule has 5 heteroatoms. The first-order chi connectivity index (χ1) is 9.57. The molecule has 0 aromatic carbocycles. The molecule has 0 atom stereocenters. The summed E-state index contributed by atoms with van der Waals surface area (Å²) in [5.74, 6) is 1.22. The van der Waals surface area contributed by atoms with Gasteiger partial charge in [-0.3, -0.25) is 4.79 Å². The second-order valence-electron chi connectivity index (χ2n) is 6.17. The van der Waals surface area contributed by atoms with Crippen LogP contribution in [0.3, 0.4) is 0 Å². The first kappa shape index (κ1) is 13.5. The van der Waals surface area contributed by atoms with Crippen LogP contribution >= 0.6 is 0 Å². The monoisotopic (exact) mass is 276 g/mol. The Kier molecular flexibility index (Phi) is 3.22. The number of hydrogen-bond acceptors (Lipinski definition) is 3. The molecule has 0 bridgehead atoms. The molecule has 1 amide bonds. The van der Waals surface area contributed by atoms with Crippen LogP contribution in [-0.2, 0) is 11.3 Å². The molecule has 110 valence electrons. The van der Waals surface area contributed by atoms with Gasteiger partial charge in [-0.15, -0.1) is 0 Å². The number of aryl methyl sites for hydroxylation is 2. The molecule has 1 aromatic heterocycles. The largest absolute Gasteiger partial charge is 0.352 e. The Bertz CT molecular complexity index is 528. The van der Waals surface area contributed by atoms with Crippen LogP contribution in [0, 0.1) is 6.92 Å². The zero-order valence-electron chi connectivity index (χ0n) is 12.7. The molecule has 1 aromatic rings. The van der Waals surface area contributed by atoms with E-state index < -0.39 is 0 Å². The average Bonchev–Trinajstić information content (AvgIpc) is 2.70. The van der Waals surface area contributed by atoms with Gasteiger partial charge >= 0.3 is 0 Å². The summed E-state index contributed by atoms with van der Waals surface area (Å²) in [5, 5.41) is 7.66. The highest BCUT2D eigenvalue weighted by atomic mass is 16.1. The van der Waals surface area contributed by atoms with Gasteiger partial charge in [-0.05, 0) is 26.7 Å². The van der Waals surface area contributed by atoms with Crippen LogP contribution in [0.4, 0.5) is 11.5 Å². The van der Waals surface area contributed by atoms with E-state index in [2.05, 4.69) is 29.3 Å². The zero-order chi connectivity index (χ0) is 14.3. The fourth-order valence-electron chi connectivity index (χ4n) is 3.82. The van der Waals surface area contributed by atoms with Crippen molar-refractivity contribution in [3.8, 4) is 0 Å². The van der Waals surface area contributed by atoms with E-state index in [4.69, 9.17) is 0 Å². The van der Waals surface area contributed by atoms with E-state index in [1.165, 1.54) is 19.3 Å². The number of nitrogens with zero attached hydrogens (tertiary/aromatic N) is 3. The Labute approximate surface area is 120 Å². The maximum Gasteiger partial charge on any atom is 0.226 e. The molecule has 1 fully saturated rings. The quantitative estimate of drug-likeness (QED) is 0.858. The average molecular weight is 276 g/mol. The van der Waals surface area contributed by atoms with Crippen LogP contribution in [-0.4, -0.2) is 28.3 Å². The minimum Gasteiger partial charge on any atom is -0.352 e. The van der Waals surface area contributed by atoms with E-state index in [0.29, 0.717) is 6.42 Å². The van der Waals surface area contributed by atoms with Crippen LogP contribution < -0.4 is 10.2 Å². The standard InChI is InChI=1S/C15H24N4O/c1-4-19-14-13(11(2)17-19)16-12(20)10-15(18(14)3)8-6-5-7-9-15/h4-10H2,1-3H3,(H,16,20). The van der Waals surface area contributed by atoms with Crippen LogP contribution in [0.15, 0.2) is 0 Å². The van der Waals surface area contributed by atoms with Gasteiger partial charge < -0.3 is 10.2 Å². The van der Waals surface area contributed by atoms with E-state index in [9.17, 15) is 4.79 Å². The van der Waals surface area contributed by atoms with Crippen LogP contribution in [0.2, 0.25) is 0 Å². The van der Waals surface area contributed by atoms with Gasteiger partial charge in [-0.1, -0.05) is 19.3 Å². The number of carbonyl (C=O) groups excluding carboxylic acids is 1. The first-order valence-corrected chi connectivity index (χ1v) is 7.68. The normalized spacial score (nSPS) is 21.6. The molecule has 2 heterocycles. The molecule has 2 aliphatic rings. The first-order valence-electron chi connectivity index (χ1n) is 7.68. The number of anilines is 2. The third kappa shape index (κ3) is 1.91. The molecule has 20 heavy (non-hydrogen) atoms. The minimum absolute atomic E-state index is 0.0209. The van der Waals surface area contributed by atoms with Gasteiger partial charge in [0.05, 0.1) is 17.7 Å². The van der Waals surface area contributed by atoms with Crippen molar-refractivity contribution in [1.82, 2.24) is 9.78 Å². The van der Waals surface area contributed by atoms with Crippen LogP contribution in [0.1, 0.15) is 51.1 Å². The van der Waals surface area contributed by atoms with Gasteiger partial charge in [0.1, 0.15) is 5.69 Å². The lowest BCUT2D eigenvalue weighted by Gasteiger charge is -2.44. The van der Waals surface area contributed by atoms with Crippen molar-refractivity contribution >= 4 is 17.4 Å². The van der Waals surface area contributed by atoms with Crippen molar-refractivity contribution in [2.75, 3.05) is 17.3 Å². The van der Waals surface area contributed by atoms with Crippen molar-refractivity contribution in [3.63, 3.8) is 0 Å². The Morgan fingerprint density at radius 2 is 2.00 bits per heavy atom. The predicted octanol–water partition coefficient (Wildman–Crippen LogP) is 2.69. The lowest BCUT2D eigenvalue weighted by molar-refractivity contribution is -0.117. The SMILES string of the molecule is CCn1nc(C)c2c1N(C)C1(CCCCC1)CC(=O)N2. The highest BCUT2D eigenvalue weighted by Crippen LogP contribution is 2.44. The number of hydrogen-bond donors (Lipinski definition) is 1. The summed E-state index contributed by atoms with van der Waals surface area (Å²) in [6, 6.07) is 0. The highest BCUT2D eigenvalue weighted by Gasteiger charge is 2.43. The molecular weight excluding hydrogens is 252 g/mol. The van der Waals surface area contributed by atoms with E-state index in [0.717, 1.165) is 36.6 Å². The van der Waals surface area contributed by atoms with E-state index >= 15 is 0 Å². The topological polar surface area (TPSA) is 50.2 Å². The molecule has 0 unspecified atom stereocenters. The summed E-state index contributed by atoms with van der Waals surface area (Å²) in [4.78, 5) is 14.7.